The van der Waals surface area contributed by atoms with Crippen molar-refractivity contribution in [3.05, 3.63) is 35.4 Å². The first-order valence-electron chi connectivity index (χ1n) is 6.27. The van der Waals surface area contributed by atoms with Gasteiger partial charge in [0.2, 0.25) is 0 Å². The number of nitrogens with one attached hydrogen (secondary N) is 2. The standard InChI is InChI=1S/C13H18F2N2O3/c1-2-20-7-6-16-13(19)17-8-11(18)12-9(14)4-3-5-10(12)15/h3-5,11,18H,2,6-8H2,1H3,(H2,16,17,19). The van der Waals surface area contributed by atoms with E-state index in [1.165, 1.54) is 6.07 Å². The van der Waals surface area contributed by atoms with Crippen LogP contribution in [0.3, 0.4) is 0 Å². The molecule has 0 aliphatic carbocycles. The number of benzene rings is 1. The summed E-state index contributed by atoms with van der Waals surface area (Å²) in [6.45, 7) is 2.77. The Morgan fingerprint density at radius 1 is 1.35 bits per heavy atom. The topological polar surface area (TPSA) is 70.6 Å². The first-order valence-corrected chi connectivity index (χ1v) is 6.27. The van der Waals surface area contributed by atoms with Crippen LogP contribution in [0.15, 0.2) is 18.2 Å². The molecule has 0 saturated carbocycles. The summed E-state index contributed by atoms with van der Waals surface area (Å²) >= 11 is 0. The number of ether oxygens (including phenoxy) is 1. The number of rotatable bonds is 7. The molecule has 0 radical (unpaired) electrons. The van der Waals surface area contributed by atoms with Gasteiger partial charge in [-0.15, -0.1) is 0 Å². The van der Waals surface area contributed by atoms with E-state index in [0.29, 0.717) is 19.8 Å². The van der Waals surface area contributed by atoms with Crippen molar-refractivity contribution in [1.82, 2.24) is 10.6 Å². The Bertz CT molecular complexity index is 423. The minimum atomic E-state index is -1.45. The van der Waals surface area contributed by atoms with E-state index in [-0.39, 0.29) is 6.54 Å². The van der Waals surface area contributed by atoms with E-state index >= 15 is 0 Å². The number of hydrogen-bond donors (Lipinski definition) is 3. The van der Waals surface area contributed by atoms with Crippen LogP contribution in [0, 0.1) is 11.6 Å². The van der Waals surface area contributed by atoms with E-state index in [1.54, 1.807) is 0 Å². The number of aliphatic hydroxyl groups is 1. The maximum Gasteiger partial charge on any atom is 0.314 e. The molecule has 1 atom stereocenters. The lowest BCUT2D eigenvalue weighted by Gasteiger charge is -2.14. The van der Waals surface area contributed by atoms with Gasteiger partial charge in [0.25, 0.3) is 0 Å². The smallest absolute Gasteiger partial charge is 0.314 e. The number of amides is 2. The normalized spacial score (nSPS) is 12.0. The zero-order valence-electron chi connectivity index (χ0n) is 11.2. The highest BCUT2D eigenvalue weighted by molar-refractivity contribution is 5.73. The minimum absolute atomic E-state index is 0.293. The molecule has 2 amide bonds. The van der Waals surface area contributed by atoms with Crippen molar-refractivity contribution in [2.24, 2.45) is 0 Å². The molecule has 112 valence electrons. The van der Waals surface area contributed by atoms with E-state index in [9.17, 15) is 18.7 Å². The number of halogens is 2. The van der Waals surface area contributed by atoms with Crippen molar-refractivity contribution in [3.63, 3.8) is 0 Å². The molecule has 0 aromatic heterocycles. The van der Waals surface area contributed by atoms with Gasteiger partial charge in [0.05, 0.1) is 12.2 Å². The van der Waals surface area contributed by atoms with Crippen LogP contribution in [-0.2, 0) is 4.74 Å². The fourth-order valence-electron chi connectivity index (χ4n) is 1.56. The van der Waals surface area contributed by atoms with Crippen molar-refractivity contribution in [2.45, 2.75) is 13.0 Å². The van der Waals surface area contributed by atoms with Crippen LogP contribution in [0.4, 0.5) is 13.6 Å². The molecule has 0 aliphatic rings. The van der Waals surface area contributed by atoms with Gasteiger partial charge < -0.3 is 20.5 Å². The molecule has 3 N–H and O–H groups in total. The summed E-state index contributed by atoms with van der Waals surface area (Å²) < 4.78 is 31.8. The first kappa shape index (κ1) is 16.3. The molecular weight excluding hydrogens is 270 g/mol. The van der Waals surface area contributed by atoms with Crippen molar-refractivity contribution in [2.75, 3.05) is 26.3 Å². The van der Waals surface area contributed by atoms with Gasteiger partial charge in [0.1, 0.15) is 17.7 Å². The number of aliphatic hydroxyl groups excluding tert-OH is 1. The molecular formula is C13H18F2N2O3. The number of urea groups is 1. The zero-order chi connectivity index (χ0) is 15.0. The lowest BCUT2D eigenvalue weighted by atomic mass is 10.1. The predicted molar refractivity (Wildman–Crippen MR) is 69.2 cm³/mol. The van der Waals surface area contributed by atoms with Gasteiger partial charge in [-0.1, -0.05) is 6.07 Å². The van der Waals surface area contributed by atoms with E-state index in [1.807, 2.05) is 6.92 Å². The minimum Gasteiger partial charge on any atom is -0.386 e. The van der Waals surface area contributed by atoms with E-state index < -0.39 is 29.3 Å². The molecule has 0 bridgehead atoms. The number of carbonyl (C=O) groups is 1. The average molecular weight is 288 g/mol. The predicted octanol–water partition coefficient (Wildman–Crippen LogP) is 1.33. The van der Waals surface area contributed by atoms with Crippen LogP contribution < -0.4 is 10.6 Å². The van der Waals surface area contributed by atoms with Gasteiger partial charge >= 0.3 is 6.03 Å². The average Bonchev–Trinajstić information content (AvgIpc) is 2.41. The Labute approximate surface area is 115 Å². The Morgan fingerprint density at radius 3 is 2.60 bits per heavy atom. The summed E-state index contributed by atoms with van der Waals surface area (Å²) in [6, 6.07) is 2.75. The molecule has 20 heavy (non-hydrogen) atoms. The van der Waals surface area contributed by atoms with Crippen LogP contribution in [0.5, 0.6) is 0 Å². The van der Waals surface area contributed by atoms with Crippen LogP contribution in [0.25, 0.3) is 0 Å². The third-order valence-corrected chi connectivity index (χ3v) is 2.52. The quantitative estimate of drug-likeness (QED) is 0.663. The highest BCUT2D eigenvalue weighted by Crippen LogP contribution is 2.19. The van der Waals surface area contributed by atoms with E-state index in [0.717, 1.165) is 12.1 Å². The highest BCUT2D eigenvalue weighted by atomic mass is 19.1. The molecule has 1 aromatic carbocycles. The Kier molecular flexibility index (Phi) is 6.89. The third kappa shape index (κ3) is 5.10. The Hall–Kier alpha value is -1.73. The molecule has 0 fully saturated rings. The summed E-state index contributed by atoms with van der Waals surface area (Å²) in [4.78, 5) is 11.3. The largest absolute Gasteiger partial charge is 0.386 e. The van der Waals surface area contributed by atoms with Crippen molar-refractivity contribution in [1.29, 1.82) is 0 Å². The summed E-state index contributed by atoms with van der Waals surface area (Å²) in [5.74, 6) is -1.70. The number of carbonyl (C=O) groups excluding carboxylic acids is 1. The third-order valence-electron chi connectivity index (χ3n) is 2.52. The lowest BCUT2D eigenvalue weighted by Crippen LogP contribution is -2.39. The van der Waals surface area contributed by atoms with Crippen LogP contribution in [0.2, 0.25) is 0 Å². The zero-order valence-corrected chi connectivity index (χ0v) is 11.2. The molecule has 0 heterocycles. The summed E-state index contributed by atoms with van der Waals surface area (Å²) in [7, 11) is 0. The lowest BCUT2D eigenvalue weighted by molar-refractivity contribution is 0.147. The van der Waals surface area contributed by atoms with Gasteiger partial charge in [-0.2, -0.15) is 0 Å². The maximum absolute atomic E-state index is 13.4. The monoisotopic (exact) mass is 288 g/mol. The number of hydrogen-bond acceptors (Lipinski definition) is 3. The SMILES string of the molecule is CCOCCNC(=O)NCC(O)c1c(F)cccc1F. The fraction of sp³-hybridized carbons (Fsp3) is 0.462. The van der Waals surface area contributed by atoms with Crippen LogP contribution >= 0.6 is 0 Å². The van der Waals surface area contributed by atoms with Gasteiger partial charge in [-0.3, -0.25) is 0 Å². The second-order valence-electron chi connectivity index (χ2n) is 3.98. The molecule has 0 saturated heterocycles. The van der Waals surface area contributed by atoms with Crippen LogP contribution in [0.1, 0.15) is 18.6 Å². The van der Waals surface area contributed by atoms with Gasteiger partial charge in [0, 0.05) is 19.7 Å². The van der Waals surface area contributed by atoms with Gasteiger partial charge in [-0.25, -0.2) is 13.6 Å². The van der Waals surface area contributed by atoms with Crippen molar-refractivity contribution < 1.29 is 23.4 Å². The molecule has 1 unspecified atom stereocenters. The summed E-state index contributed by atoms with van der Waals surface area (Å²) in [5.41, 5.74) is -0.456. The Balaban J connectivity index is 2.39. The summed E-state index contributed by atoms with van der Waals surface area (Å²) in [6.07, 6.45) is -1.45. The van der Waals surface area contributed by atoms with Crippen LogP contribution in [-0.4, -0.2) is 37.4 Å². The molecule has 0 aliphatic heterocycles. The van der Waals surface area contributed by atoms with Gasteiger partial charge in [-0.05, 0) is 19.1 Å². The van der Waals surface area contributed by atoms with E-state index in [2.05, 4.69) is 10.6 Å². The summed E-state index contributed by atoms with van der Waals surface area (Å²) in [5, 5.41) is 14.5. The first-order chi connectivity index (χ1) is 9.56. The van der Waals surface area contributed by atoms with Crippen molar-refractivity contribution in [3.8, 4) is 0 Å². The molecule has 1 rings (SSSR count). The second-order valence-corrected chi connectivity index (χ2v) is 3.98. The van der Waals surface area contributed by atoms with Gasteiger partial charge in [0.15, 0.2) is 0 Å². The highest BCUT2D eigenvalue weighted by Gasteiger charge is 2.18. The second kappa shape index (κ2) is 8.44. The molecule has 0 spiro atoms. The fourth-order valence-corrected chi connectivity index (χ4v) is 1.56. The van der Waals surface area contributed by atoms with Crippen molar-refractivity contribution >= 4 is 6.03 Å². The maximum atomic E-state index is 13.4. The van der Waals surface area contributed by atoms with E-state index in [4.69, 9.17) is 4.74 Å². The molecule has 1 aromatic rings. The molecule has 5 nitrogen and oxygen atoms in total. The Morgan fingerprint density at radius 2 is 2.00 bits per heavy atom. The molecule has 7 heteroatoms.